The van der Waals surface area contributed by atoms with Crippen molar-refractivity contribution in [1.29, 1.82) is 0 Å². The highest BCUT2D eigenvalue weighted by Crippen LogP contribution is 2.23. The molecule has 0 radical (unpaired) electrons. The fraction of sp³-hybridized carbons (Fsp3) is 0.100. The van der Waals surface area contributed by atoms with Crippen LogP contribution in [0.4, 0.5) is 5.69 Å². The average molecular weight is 268 g/mol. The van der Waals surface area contributed by atoms with Gasteiger partial charge in [-0.1, -0.05) is 0 Å². The summed E-state index contributed by atoms with van der Waals surface area (Å²) in [6, 6.07) is 1.65. The molecule has 88 valence electrons. The van der Waals surface area contributed by atoms with E-state index in [0.717, 1.165) is 0 Å². The van der Waals surface area contributed by atoms with Crippen molar-refractivity contribution in [2.75, 3.05) is 12.4 Å². The van der Waals surface area contributed by atoms with Crippen molar-refractivity contribution in [3.05, 3.63) is 32.9 Å². The number of aromatic nitrogens is 1. The molecule has 5 nitrogen and oxygen atoms in total. The van der Waals surface area contributed by atoms with Crippen LogP contribution in [0.25, 0.3) is 0 Å². The van der Waals surface area contributed by atoms with Crippen LogP contribution >= 0.6 is 22.7 Å². The van der Waals surface area contributed by atoms with Crippen molar-refractivity contribution < 1.29 is 14.3 Å². The minimum Gasteiger partial charge on any atom is -0.465 e. The summed E-state index contributed by atoms with van der Waals surface area (Å²) < 4.78 is 4.61. The molecule has 0 atom stereocenters. The number of anilines is 1. The fourth-order valence-corrected chi connectivity index (χ4v) is 2.47. The third-order valence-corrected chi connectivity index (χ3v) is 3.43. The summed E-state index contributed by atoms with van der Waals surface area (Å²) in [5, 5.41) is 5.97. The number of methoxy groups -OCH3 is 1. The number of amides is 1. The van der Waals surface area contributed by atoms with Gasteiger partial charge in [0.2, 0.25) is 0 Å². The molecule has 2 aromatic rings. The van der Waals surface area contributed by atoms with Gasteiger partial charge in [0.1, 0.15) is 10.6 Å². The largest absolute Gasteiger partial charge is 0.465 e. The molecule has 0 aliphatic rings. The lowest BCUT2D eigenvalue weighted by Crippen LogP contribution is -2.14. The van der Waals surface area contributed by atoms with Gasteiger partial charge >= 0.3 is 5.97 Å². The Bertz CT molecular complexity index is 534. The highest BCUT2D eigenvalue weighted by atomic mass is 32.1. The van der Waals surface area contributed by atoms with E-state index in [0.29, 0.717) is 16.3 Å². The van der Waals surface area contributed by atoms with E-state index in [1.807, 2.05) is 0 Å². The van der Waals surface area contributed by atoms with E-state index in [2.05, 4.69) is 15.0 Å². The molecule has 0 saturated heterocycles. The van der Waals surface area contributed by atoms with Gasteiger partial charge in [0.15, 0.2) is 0 Å². The van der Waals surface area contributed by atoms with Crippen molar-refractivity contribution in [2.24, 2.45) is 0 Å². The van der Waals surface area contributed by atoms with Crippen molar-refractivity contribution in [1.82, 2.24) is 4.98 Å². The number of nitrogens with zero attached hydrogens (tertiary/aromatic N) is 1. The SMILES string of the molecule is COC(=O)c1sccc1NC(=O)c1cscn1. The van der Waals surface area contributed by atoms with Crippen LogP contribution in [0.3, 0.4) is 0 Å². The monoisotopic (exact) mass is 268 g/mol. The van der Waals surface area contributed by atoms with Crippen LogP contribution in [0.2, 0.25) is 0 Å². The first-order valence-corrected chi connectivity index (χ1v) is 6.40. The molecule has 0 saturated carbocycles. The zero-order valence-electron chi connectivity index (χ0n) is 8.80. The third-order valence-electron chi connectivity index (χ3n) is 1.95. The highest BCUT2D eigenvalue weighted by molar-refractivity contribution is 7.12. The molecule has 1 amide bonds. The molecule has 2 rings (SSSR count). The summed E-state index contributed by atoms with van der Waals surface area (Å²) in [7, 11) is 1.30. The molecule has 7 heteroatoms. The summed E-state index contributed by atoms with van der Waals surface area (Å²) in [5.74, 6) is -0.802. The van der Waals surface area contributed by atoms with Crippen LogP contribution in [-0.4, -0.2) is 24.0 Å². The smallest absolute Gasteiger partial charge is 0.350 e. The van der Waals surface area contributed by atoms with Gasteiger partial charge in [-0.3, -0.25) is 4.79 Å². The maximum atomic E-state index is 11.7. The van der Waals surface area contributed by atoms with Gasteiger partial charge in [-0.25, -0.2) is 9.78 Å². The molecule has 0 aliphatic carbocycles. The van der Waals surface area contributed by atoms with Gasteiger partial charge in [-0.2, -0.15) is 0 Å². The predicted octanol–water partition coefficient (Wildman–Crippen LogP) is 2.24. The summed E-state index contributed by atoms with van der Waals surface area (Å²) >= 11 is 2.55. The normalized spacial score (nSPS) is 9.94. The first-order valence-electron chi connectivity index (χ1n) is 4.57. The molecule has 2 heterocycles. The van der Waals surface area contributed by atoms with Crippen LogP contribution in [0.5, 0.6) is 0 Å². The molecule has 0 spiro atoms. The van der Waals surface area contributed by atoms with E-state index in [1.165, 1.54) is 29.8 Å². The average Bonchev–Trinajstić information content (AvgIpc) is 2.98. The quantitative estimate of drug-likeness (QED) is 0.867. The van der Waals surface area contributed by atoms with E-state index in [-0.39, 0.29) is 5.91 Å². The molecule has 17 heavy (non-hydrogen) atoms. The number of rotatable bonds is 3. The van der Waals surface area contributed by atoms with Gasteiger partial charge in [-0.15, -0.1) is 22.7 Å². The van der Waals surface area contributed by atoms with Gasteiger partial charge in [0, 0.05) is 5.38 Å². The molecule has 0 unspecified atom stereocenters. The first-order chi connectivity index (χ1) is 8.22. The number of nitrogens with one attached hydrogen (secondary N) is 1. The molecular formula is C10H8N2O3S2. The summed E-state index contributed by atoms with van der Waals surface area (Å²) in [4.78, 5) is 27.4. The number of esters is 1. The third kappa shape index (κ3) is 2.51. The van der Waals surface area contributed by atoms with Crippen molar-refractivity contribution >= 4 is 40.2 Å². The second-order valence-corrected chi connectivity index (χ2v) is 4.62. The maximum absolute atomic E-state index is 11.7. The fourth-order valence-electron chi connectivity index (χ4n) is 1.17. The summed E-state index contributed by atoms with van der Waals surface area (Å²) in [6.45, 7) is 0. The molecule has 2 aromatic heterocycles. The zero-order valence-corrected chi connectivity index (χ0v) is 10.4. The molecule has 0 fully saturated rings. The Morgan fingerprint density at radius 1 is 1.47 bits per heavy atom. The number of carbonyl (C=O) groups is 2. The second-order valence-electron chi connectivity index (χ2n) is 2.98. The van der Waals surface area contributed by atoms with E-state index >= 15 is 0 Å². The Hall–Kier alpha value is -1.73. The lowest BCUT2D eigenvalue weighted by Gasteiger charge is -2.03. The van der Waals surface area contributed by atoms with Crippen molar-refractivity contribution in [2.45, 2.75) is 0 Å². The maximum Gasteiger partial charge on any atom is 0.350 e. The van der Waals surface area contributed by atoms with Crippen LogP contribution in [0.1, 0.15) is 20.2 Å². The Labute approximate surface area is 105 Å². The van der Waals surface area contributed by atoms with Gasteiger partial charge < -0.3 is 10.1 Å². The van der Waals surface area contributed by atoms with Crippen LogP contribution in [0, 0.1) is 0 Å². The molecule has 1 N–H and O–H groups in total. The lowest BCUT2D eigenvalue weighted by atomic mass is 10.3. The van der Waals surface area contributed by atoms with Crippen LogP contribution < -0.4 is 5.32 Å². The summed E-state index contributed by atoms with van der Waals surface area (Å²) in [5.41, 5.74) is 2.35. The molecule has 0 bridgehead atoms. The molecule has 0 aromatic carbocycles. The molecular weight excluding hydrogens is 260 g/mol. The number of ether oxygens (including phenoxy) is 1. The van der Waals surface area contributed by atoms with Crippen molar-refractivity contribution in [3.63, 3.8) is 0 Å². The van der Waals surface area contributed by atoms with Crippen molar-refractivity contribution in [3.8, 4) is 0 Å². The minimum atomic E-state index is -0.464. The Morgan fingerprint density at radius 3 is 2.94 bits per heavy atom. The van der Waals surface area contributed by atoms with Crippen LogP contribution in [-0.2, 0) is 4.74 Å². The predicted molar refractivity (Wildman–Crippen MR) is 65.7 cm³/mol. The van der Waals surface area contributed by atoms with E-state index in [4.69, 9.17) is 0 Å². The highest BCUT2D eigenvalue weighted by Gasteiger charge is 2.16. The number of carbonyl (C=O) groups excluding carboxylic acids is 2. The lowest BCUT2D eigenvalue weighted by molar-refractivity contribution is 0.0607. The zero-order chi connectivity index (χ0) is 12.3. The minimum absolute atomic E-state index is 0.331. The first kappa shape index (κ1) is 11.7. The summed E-state index contributed by atoms with van der Waals surface area (Å²) in [6.07, 6.45) is 0. The number of hydrogen-bond donors (Lipinski definition) is 1. The van der Waals surface area contributed by atoms with E-state index in [9.17, 15) is 9.59 Å². The second kappa shape index (κ2) is 5.07. The van der Waals surface area contributed by atoms with E-state index in [1.54, 1.807) is 22.3 Å². The Balaban J connectivity index is 2.17. The van der Waals surface area contributed by atoms with Crippen LogP contribution in [0.15, 0.2) is 22.3 Å². The number of thiophene rings is 1. The van der Waals surface area contributed by atoms with Gasteiger partial charge in [-0.05, 0) is 11.4 Å². The standard InChI is InChI=1S/C10H8N2O3S2/c1-15-10(14)8-6(2-3-17-8)12-9(13)7-4-16-5-11-7/h2-5H,1H3,(H,12,13). The Morgan fingerprint density at radius 2 is 2.29 bits per heavy atom. The number of hydrogen-bond acceptors (Lipinski definition) is 6. The Kier molecular flexibility index (Phi) is 3.50. The topological polar surface area (TPSA) is 68.3 Å². The van der Waals surface area contributed by atoms with Gasteiger partial charge in [0.25, 0.3) is 5.91 Å². The molecule has 0 aliphatic heterocycles. The van der Waals surface area contributed by atoms with Gasteiger partial charge in [0.05, 0.1) is 18.3 Å². The number of thiazole rings is 1. The van der Waals surface area contributed by atoms with E-state index < -0.39 is 5.97 Å².